The van der Waals surface area contributed by atoms with Crippen molar-refractivity contribution < 1.29 is 23.0 Å². The molecule has 146 valence electrons. The SMILES string of the molecule is COC(=O)C1=C(C)N(c2ccccc2)C(=S)N[C@H]1c1ccc(OC(F)F)cc1. The lowest BCUT2D eigenvalue weighted by Crippen LogP contribution is -2.48. The molecule has 0 fully saturated rings. The Kier molecular flexibility index (Phi) is 5.89. The number of hydrogen-bond donors (Lipinski definition) is 1. The van der Waals surface area contributed by atoms with Gasteiger partial charge in [-0.25, -0.2) is 4.79 Å². The molecular weight excluding hydrogens is 386 g/mol. The molecule has 0 unspecified atom stereocenters. The fraction of sp³-hybridized carbons (Fsp3) is 0.200. The number of hydrogen-bond acceptors (Lipinski definition) is 4. The van der Waals surface area contributed by atoms with Crippen LogP contribution in [0.25, 0.3) is 0 Å². The van der Waals surface area contributed by atoms with Gasteiger partial charge in [-0.3, -0.25) is 4.90 Å². The van der Waals surface area contributed by atoms with Gasteiger partial charge in [0.1, 0.15) is 5.75 Å². The second kappa shape index (κ2) is 8.35. The minimum absolute atomic E-state index is 0.0309. The van der Waals surface area contributed by atoms with Crippen LogP contribution >= 0.6 is 12.2 Å². The molecule has 0 aromatic heterocycles. The first-order valence-corrected chi connectivity index (χ1v) is 8.82. The van der Waals surface area contributed by atoms with Crippen molar-refractivity contribution in [3.05, 3.63) is 71.4 Å². The molecule has 1 N–H and O–H groups in total. The summed E-state index contributed by atoms with van der Waals surface area (Å²) in [7, 11) is 1.30. The number of carbonyl (C=O) groups excluding carboxylic acids is 1. The van der Waals surface area contributed by atoms with Gasteiger partial charge in [-0.15, -0.1) is 0 Å². The molecule has 1 atom stereocenters. The number of nitrogens with zero attached hydrogens (tertiary/aromatic N) is 1. The summed E-state index contributed by atoms with van der Waals surface area (Å²) in [6.07, 6.45) is 0. The van der Waals surface area contributed by atoms with E-state index in [1.807, 2.05) is 30.3 Å². The number of alkyl halides is 2. The van der Waals surface area contributed by atoms with E-state index >= 15 is 0 Å². The van der Waals surface area contributed by atoms with Crippen LogP contribution in [0.2, 0.25) is 0 Å². The Morgan fingerprint density at radius 1 is 1.14 bits per heavy atom. The molecule has 0 radical (unpaired) electrons. The van der Waals surface area contributed by atoms with Crippen molar-refractivity contribution in [2.24, 2.45) is 0 Å². The van der Waals surface area contributed by atoms with Crippen LogP contribution in [0, 0.1) is 0 Å². The lowest BCUT2D eigenvalue weighted by atomic mass is 9.94. The average molecular weight is 404 g/mol. The molecule has 0 aliphatic carbocycles. The predicted octanol–water partition coefficient (Wildman–Crippen LogP) is 4.17. The fourth-order valence-electron chi connectivity index (χ4n) is 3.10. The van der Waals surface area contributed by atoms with Crippen LogP contribution in [0.3, 0.4) is 0 Å². The van der Waals surface area contributed by atoms with Gasteiger partial charge in [0.25, 0.3) is 0 Å². The summed E-state index contributed by atoms with van der Waals surface area (Å²) < 4.78 is 34.1. The van der Waals surface area contributed by atoms with E-state index in [0.717, 1.165) is 5.69 Å². The van der Waals surface area contributed by atoms with Crippen molar-refractivity contribution in [2.75, 3.05) is 12.0 Å². The second-order valence-corrected chi connectivity index (χ2v) is 6.38. The first kappa shape index (κ1) is 19.8. The van der Waals surface area contributed by atoms with Crippen molar-refractivity contribution in [1.29, 1.82) is 0 Å². The van der Waals surface area contributed by atoms with Gasteiger partial charge in [-0.1, -0.05) is 30.3 Å². The van der Waals surface area contributed by atoms with E-state index in [1.165, 1.54) is 19.2 Å². The van der Waals surface area contributed by atoms with Crippen LogP contribution in [0.5, 0.6) is 5.75 Å². The molecule has 1 aliphatic rings. The molecule has 1 aliphatic heterocycles. The van der Waals surface area contributed by atoms with Gasteiger partial charge >= 0.3 is 12.6 Å². The van der Waals surface area contributed by atoms with Crippen LogP contribution < -0.4 is 15.0 Å². The molecule has 28 heavy (non-hydrogen) atoms. The first-order valence-electron chi connectivity index (χ1n) is 8.42. The number of esters is 1. The fourth-order valence-corrected chi connectivity index (χ4v) is 3.46. The Morgan fingerprint density at radius 3 is 2.36 bits per heavy atom. The number of benzene rings is 2. The minimum atomic E-state index is -2.90. The van der Waals surface area contributed by atoms with Crippen LogP contribution in [-0.2, 0) is 9.53 Å². The average Bonchev–Trinajstić information content (AvgIpc) is 2.68. The van der Waals surface area contributed by atoms with Gasteiger partial charge in [0.2, 0.25) is 0 Å². The van der Waals surface area contributed by atoms with Crippen molar-refractivity contribution in [2.45, 2.75) is 19.6 Å². The van der Waals surface area contributed by atoms with Crippen LogP contribution in [-0.4, -0.2) is 24.8 Å². The second-order valence-electron chi connectivity index (χ2n) is 5.99. The number of anilines is 1. The normalized spacial score (nSPS) is 16.8. The van der Waals surface area contributed by atoms with E-state index in [0.29, 0.717) is 21.9 Å². The van der Waals surface area contributed by atoms with E-state index in [1.54, 1.807) is 24.0 Å². The molecule has 0 spiro atoms. The van der Waals surface area contributed by atoms with Gasteiger partial charge in [-0.2, -0.15) is 8.78 Å². The topological polar surface area (TPSA) is 50.8 Å². The molecule has 5 nitrogen and oxygen atoms in total. The van der Waals surface area contributed by atoms with E-state index in [2.05, 4.69) is 10.1 Å². The Morgan fingerprint density at radius 2 is 1.79 bits per heavy atom. The van der Waals surface area contributed by atoms with Crippen molar-refractivity contribution in [3.63, 3.8) is 0 Å². The number of thiocarbonyl (C=S) groups is 1. The van der Waals surface area contributed by atoms with E-state index in [4.69, 9.17) is 17.0 Å². The molecule has 1 heterocycles. The van der Waals surface area contributed by atoms with Crippen molar-refractivity contribution >= 4 is 29.0 Å². The van der Waals surface area contributed by atoms with Crippen molar-refractivity contribution in [1.82, 2.24) is 5.32 Å². The molecule has 0 amide bonds. The highest BCUT2D eigenvalue weighted by Crippen LogP contribution is 2.34. The zero-order valence-corrected chi connectivity index (χ0v) is 16.0. The Hall–Kier alpha value is -3.00. The Balaban J connectivity index is 2.03. The minimum Gasteiger partial charge on any atom is -0.466 e. The maximum Gasteiger partial charge on any atom is 0.387 e. The smallest absolute Gasteiger partial charge is 0.387 e. The standard InChI is InChI=1S/C20H18F2N2O3S/c1-12-16(18(25)26-2)17(13-8-10-15(11-9-13)27-19(21)22)23-20(28)24(12)14-6-4-3-5-7-14/h3-11,17,19H,1-2H3,(H,23,28)/t17-/m0/s1. The molecular formula is C20H18F2N2O3S. The largest absolute Gasteiger partial charge is 0.466 e. The number of halogens is 2. The molecule has 3 rings (SSSR count). The zero-order valence-electron chi connectivity index (χ0n) is 15.2. The Bertz CT molecular complexity index is 901. The zero-order chi connectivity index (χ0) is 20.3. The molecule has 0 bridgehead atoms. The van der Waals surface area contributed by atoms with Gasteiger partial charge in [-0.05, 0) is 49.0 Å². The van der Waals surface area contributed by atoms with E-state index in [-0.39, 0.29) is 5.75 Å². The predicted molar refractivity (Wildman–Crippen MR) is 105 cm³/mol. The number of methoxy groups -OCH3 is 1. The number of ether oxygens (including phenoxy) is 2. The molecule has 8 heteroatoms. The molecule has 0 saturated carbocycles. The maximum absolute atomic E-state index is 12.5. The highest BCUT2D eigenvalue weighted by atomic mass is 32.1. The summed E-state index contributed by atoms with van der Waals surface area (Å²) in [5, 5.41) is 3.56. The third-order valence-electron chi connectivity index (χ3n) is 4.34. The summed E-state index contributed by atoms with van der Waals surface area (Å²) in [5.74, 6) is -0.477. The lowest BCUT2D eigenvalue weighted by Gasteiger charge is -2.37. The van der Waals surface area contributed by atoms with Crippen LogP contribution in [0.4, 0.5) is 14.5 Å². The molecule has 2 aromatic rings. The monoisotopic (exact) mass is 404 g/mol. The lowest BCUT2D eigenvalue weighted by molar-refractivity contribution is -0.136. The molecule has 0 saturated heterocycles. The van der Waals surface area contributed by atoms with E-state index < -0.39 is 18.6 Å². The van der Waals surface area contributed by atoms with Crippen LogP contribution in [0.15, 0.2) is 65.9 Å². The maximum atomic E-state index is 12.5. The molecule has 2 aromatic carbocycles. The first-order chi connectivity index (χ1) is 13.4. The van der Waals surface area contributed by atoms with Crippen LogP contribution in [0.1, 0.15) is 18.5 Å². The van der Waals surface area contributed by atoms with Crippen molar-refractivity contribution in [3.8, 4) is 5.75 Å². The van der Waals surface area contributed by atoms with Gasteiger partial charge < -0.3 is 14.8 Å². The number of allylic oxidation sites excluding steroid dienone is 1. The summed E-state index contributed by atoms with van der Waals surface area (Å²) in [4.78, 5) is 14.3. The Labute approximate surface area is 166 Å². The van der Waals surface area contributed by atoms with Gasteiger partial charge in [0, 0.05) is 11.4 Å². The third-order valence-corrected chi connectivity index (χ3v) is 4.64. The van der Waals surface area contributed by atoms with E-state index in [9.17, 15) is 13.6 Å². The highest BCUT2D eigenvalue weighted by molar-refractivity contribution is 7.80. The van der Waals surface area contributed by atoms with Gasteiger partial charge in [0.15, 0.2) is 5.11 Å². The van der Waals surface area contributed by atoms with Gasteiger partial charge in [0.05, 0.1) is 18.7 Å². The number of carbonyl (C=O) groups is 1. The summed E-state index contributed by atoms with van der Waals surface area (Å²) in [6, 6.07) is 14.8. The highest BCUT2D eigenvalue weighted by Gasteiger charge is 2.35. The summed E-state index contributed by atoms with van der Waals surface area (Å²) in [5.41, 5.74) is 2.47. The number of rotatable bonds is 5. The summed E-state index contributed by atoms with van der Waals surface area (Å²) >= 11 is 5.53. The summed E-state index contributed by atoms with van der Waals surface area (Å²) in [6.45, 7) is -1.12. The number of nitrogens with one attached hydrogen (secondary N) is 1. The quantitative estimate of drug-likeness (QED) is 0.596. The third kappa shape index (κ3) is 3.96. The number of para-hydroxylation sites is 1.